The predicted molar refractivity (Wildman–Crippen MR) is 90.4 cm³/mol. The fourth-order valence-corrected chi connectivity index (χ4v) is 4.05. The van der Waals surface area contributed by atoms with Gasteiger partial charge >= 0.3 is 0 Å². The molecule has 0 aliphatic carbocycles. The average Bonchev–Trinajstić information content (AvgIpc) is 2.93. The van der Waals surface area contributed by atoms with Gasteiger partial charge < -0.3 is 10.6 Å². The zero-order valence-corrected chi connectivity index (χ0v) is 13.7. The summed E-state index contributed by atoms with van der Waals surface area (Å²) in [6, 6.07) is 8.56. The smallest absolute Gasteiger partial charge is 0.241 e. The molecule has 1 aromatic rings. The van der Waals surface area contributed by atoms with Crippen molar-refractivity contribution in [3.05, 3.63) is 24.3 Å². The maximum atomic E-state index is 12.6. The van der Waals surface area contributed by atoms with Crippen LogP contribution in [0.4, 0.5) is 5.69 Å². The highest BCUT2D eigenvalue weighted by molar-refractivity contribution is 7.99. The van der Waals surface area contributed by atoms with Crippen molar-refractivity contribution in [2.75, 3.05) is 36.8 Å². The number of nitrogens with two attached hydrogens (primary N) is 1. The number of carbonyl (C=O) groups is 1. The lowest BCUT2D eigenvalue weighted by molar-refractivity contribution is -0.119. The lowest BCUT2D eigenvalue weighted by Gasteiger charge is -2.31. The molecular formula is C15H22ClN3OS. The molecule has 0 bridgehead atoms. The van der Waals surface area contributed by atoms with Crippen LogP contribution in [0.2, 0.25) is 0 Å². The first-order valence-corrected chi connectivity index (χ1v) is 8.24. The summed E-state index contributed by atoms with van der Waals surface area (Å²) in [5.41, 5.74) is 6.85. The van der Waals surface area contributed by atoms with Gasteiger partial charge in [0.1, 0.15) is 0 Å². The molecule has 0 spiro atoms. The Morgan fingerprint density at radius 1 is 1.33 bits per heavy atom. The second kappa shape index (κ2) is 7.49. The first kappa shape index (κ1) is 16.6. The van der Waals surface area contributed by atoms with E-state index in [-0.39, 0.29) is 18.3 Å². The van der Waals surface area contributed by atoms with Crippen LogP contribution in [0.3, 0.4) is 0 Å². The number of amides is 1. The number of hydrogen-bond donors (Lipinski definition) is 1. The second-order valence-electron chi connectivity index (χ2n) is 5.36. The number of hydrogen-bond acceptors (Lipinski definition) is 4. The summed E-state index contributed by atoms with van der Waals surface area (Å²) in [6.45, 7) is 2.96. The zero-order valence-electron chi connectivity index (χ0n) is 12.0. The third kappa shape index (κ3) is 3.54. The van der Waals surface area contributed by atoms with E-state index in [0.29, 0.717) is 19.1 Å². The first-order valence-electron chi connectivity index (χ1n) is 7.26. The number of nitrogens with zero attached hydrogens (tertiary/aromatic N) is 2. The molecule has 116 valence electrons. The van der Waals surface area contributed by atoms with Gasteiger partial charge in [0, 0.05) is 29.8 Å². The lowest BCUT2D eigenvalue weighted by atomic mass is 10.2. The van der Waals surface area contributed by atoms with Gasteiger partial charge in [-0.15, -0.1) is 24.2 Å². The van der Waals surface area contributed by atoms with Gasteiger partial charge in [0.15, 0.2) is 0 Å². The average molecular weight is 328 g/mol. The minimum Gasteiger partial charge on any atom is -0.329 e. The van der Waals surface area contributed by atoms with Gasteiger partial charge in [0.25, 0.3) is 0 Å². The molecule has 2 heterocycles. The minimum atomic E-state index is 0. The van der Waals surface area contributed by atoms with Crippen molar-refractivity contribution >= 4 is 35.8 Å². The van der Waals surface area contributed by atoms with Crippen molar-refractivity contribution in [1.82, 2.24) is 4.90 Å². The number of anilines is 1. The van der Waals surface area contributed by atoms with Crippen LogP contribution in [0.1, 0.15) is 12.8 Å². The van der Waals surface area contributed by atoms with Crippen LogP contribution >= 0.6 is 24.2 Å². The number of fused-ring (bicyclic) bond motifs is 1. The van der Waals surface area contributed by atoms with Gasteiger partial charge in [-0.05, 0) is 31.5 Å². The van der Waals surface area contributed by atoms with E-state index >= 15 is 0 Å². The van der Waals surface area contributed by atoms with E-state index in [1.165, 1.54) is 4.90 Å². The summed E-state index contributed by atoms with van der Waals surface area (Å²) >= 11 is 1.83. The summed E-state index contributed by atoms with van der Waals surface area (Å²) < 4.78 is 0. The number of thioether (sulfide) groups is 1. The highest BCUT2D eigenvalue weighted by Crippen LogP contribution is 2.34. The predicted octanol–water partition coefficient (Wildman–Crippen LogP) is 1.97. The summed E-state index contributed by atoms with van der Waals surface area (Å²) in [7, 11) is 0. The fourth-order valence-electron chi connectivity index (χ4n) is 3.06. The highest BCUT2D eigenvalue weighted by atomic mass is 35.5. The molecule has 0 radical (unpaired) electrons. The molecule has 1 saturated heterocycles. The quantitative estimate of drug-likeness (QED) is 0.922. The van der Waals surface area contributed by atoms with E-state index in [2.05, 4.69) is 11.0 Å². The monoisotopic (exact) mass is 327 g/mol. The summed E-state index contributed by atoms with van der Waals surface area (Å²) in [5, 5.41) is 0. The first-order chi connectivity index (χ1) is 9.79. The summed E-state index contributed by atoms with van der Waals surface area (Å²) in [4.78, 5) is 18.0. The van der Waals surface area contributed by atoms with Gasteiger partial charge in [-0.1, -0.05) is 12.1 Å². The van der Waals surface area contributed by atoms with Crippen molar-refractivity contribution < 1.29 is 4.79 Å². The van der Waals surface area contributed by atoms with Gasteiger partial charge in [-0.2, -0.15) is 0 Å². The van der Waals surface area contributed by atoms with Crippen molar-refractivity contribution in [3.63, 3.8) is 0 Å². The third-order valence-electron chi connectivity index (χ3n) is 4.14. The van der Waals surface area contributed by atoms with Crippen LogP contribution < -0.4 is 10.6 Å². The van der Waals surface area contributed by atoms with Gasteiger partial charge in [-0.25, -0.2) is 0 Å². The van der Waals surface area contributed by atoms with Crippen LogP contribution in [0.5, 0.6) is 0 Å². The van der Waals surface area contributed by atoms with E-state index in [9.17, 15) is 4.79 Å². The Hall–Kier alpha value is -0.750. The molecule has 1 unspecified atom stereocenters. The molecule has 1 atom stereocenters. The molecule has 2 aliphatic heterocycles. The largest absolute Gasteiger partial charge is 0.329 e. The van der Waals surface area contributed by atoms with Crippen molar-refractivity contribution in [1.29, 1.82) is 0 Å². The molecule has 2 N–H and O–H groups in total. The molecule has 4 nitrogen and oxygen atoms in total. The van der Waals surface area contributed by atoms with Crippen molar-refractivity contribution in [3.8, 4) is 0 Å². The molecule has 1 amide bonds. The SMILES string of the molecule is Cl.NCC1CCCN1CC(=O)N1CCSc2ccccc21. The van der Waals surface area contributed by atoms with E-state index in [1.807, 2.05) is 34.9 Å². The maximum Gasteiger partial charge on any atom is 0.241 e. The Balaban J connectivity index is 0.00000161. The summed E-state index contributed by atoms with van der Waals surface area (Å²) in [5.74, 6) is 1.18. The Bertz CT molecular complexity index is 500. The third-order valence-corrected chi connectivity index (χ3v) is 5.18. The minimum absolute atomic E-state index is 0. The topological polar surface area (TPSA) is 49.6 Å². The Labute approximate surface area is 136 Å². The standard InChI is InChI=1S/C15H21N3OS.ClH/c16-10-12-4-3-7-17(12)11-15(19)18-8-9-20-14-6-2-1-5-13(14)18;/h1-2,5-6,12H,3-4,7-11,16H2;1H. The number of likely N-dealkylation sites (tertiary alicyclic amines) is 1. The number of halogens is 1. The van der Waals surface area contributed by atoms with Gasteiger partial charge in [-0.3, -0.25) is 9.69 Å². The van der Waals surface area contributed by atoms with Crippen LogP contribution in [0.25, 0.3) is 0 Å². The van der Waals surface area contributed by atoms with Crippen LogP contribution in [-0.2, 0) is 4.79 Å². The Morgan fingerprint density at radius 3 is 2.95 bits per heavy atom. The lowest BCUT2D eigenvalue weighted by Crippen LogP contribution is -2.45. The summed E-state index contributed by atoms with van der Waals surface area (Å²) in [6.07, 6.45) is 2.28. The number of carbonyl (C=O) groups excluding carboxylic acids is 1. The maximum absolute atomic E-state index is 12.6. The molecule has 2 aliphatic rings. The molecular weight excluding hydrogens is 306 g/mol. The molecule has 0 saturated carbocycles. The van der Waals surface area contributed by atoms with E-state index < -0.39 is 0 Å². The molecule has 1 fully saturated rings. The van der Waals surface area contributed by atoms with Crippen LogP contribution in [0, 0.1) is 0 Å². The number of benzene rings is 1. The molecule has 21 heavy (non-hydrogen) atoms. The van der Waals surface area contributed by atoms with Crippen molar-refractivity contribution in [2.24, 2.45) is 5.73 Å². The normalized spacial score (nSPS) is 21.8. The van der Waals surface area contributed by atoms with Crippen molar-refractivity contribution in [2.45, 2.75) is 23.8 Å². The highest BCUT2D eigenvalue weighted by Gasteiger charge is 2.29. The zero-order chi connectivity index (χ0) is 13.9. The van der Waals surface area contributed by atoms with Gasteiger partial charge in [0.2, 0.25) is 5.91 Å². The van der Waals surface area contributed by atoms with Crippen LogP contribution in [0.15, 0.2) is 29.2 Å². The number of rotatable bonds is 3. The van der Waals surface area contributed by atoms with Crippen LogP contribution in [-0.4, -0.2) is 48.8 Å². The fraction of sp³-hybridized carbons (Fsp3) is 0.533. The Kier molecular flexibility index (Phi) is 5.93. The van der Waals surface area contributed by atoms with Gasteiger partial charge in [0.05, 0.1) is 12.2 Å². The van der Waals surface area contributed by atoms with E-state index in [1.54, 1.807) is 0 Å². The molecule has 3 rings (SSSR count). The van der Waals surface area contributed by atoms with E-state index in [4.69, 9.17) is 5.73 Å². The molecule has 0 aromatic heterocycles. The Morgan fingerprint density at radius 2 is 2.14 bits per heavy atom. The number of para-hydroxylation sites is 1. The second-order valence-corrected chi connectivity index (χ2v) is 6.50. The molecule has 1 aromatic carbocycles. The van der Waals surface area contributed by atoms with E-state index in [0.717, 1.165) is 37.4 Å². The molecule has 6 heteroatoms.